The first kappa shape index (κ1) is 26.4. The van der Waals surface area contributed by atoms with Gasteiger partial charge in [-0.2, -0.15) is 0 Å². The fraction of sp³-hybridized carbons (Fsp3) is 0. The molecule has 0 unspecified atom stereocenters. The van der Waals surface area contributed by atoms with E-state index in [0.29, 0.717) is 0 Å². The van der Waals surface area contributed by atoms with E-state index in [4.69, 9.17) is 4.98 Å². The molecule has 0 bridgehead atoms. The lowest BCUT2D eigenvalue weighted by atomic mass is 9.85. The molecule has 8 aromatic carbocycles. The van der Waals surface area contributed by atoms with Crippen LogP contribution in [0.2, 0.25) is 0 Å². The Labute approximate surface area is 268 Å². The summed E-state index contributed by atoms with van der Waals surface area (Å²) < 4.78 is 0. The van der Waals surface area contributed by atoms with Crippen LogP contribution < -0.4 is 0 Å². The van der Waals surface area contributed by atoms with E-state index in [1.54, 1.807) is 0 Å². The van der Waals surface area contributed by atoms with E-state index in [0.717, 1.165) is 16.8 Å². The largest absolute Gasteiger partial charge is 0.247 e. The highest BCUT2D eigenvalue weighted by Crippen LogP contribution is 2.45. The zero-order valence-electron chi connectivity index (χ0n) is 25.2. The molecular formula is C45H29N. The van der Waals surface area contributed by atoms with E-state index in [1.165, 1.54) is 71.1 Å². The molecule has 9 rings (SSSR count). The zero-order valence-corrected chi connectivity index (χ0v) is 25.2. The molecule has 9 aromatic rings. The second kappa shape index (κ2) is 10.8. The number of hydrogen-bond donors (Lipinski definition) is 0. The van der Waals surface area contributed by atoms with Gasteiger partial charge in [0.25, 0.3) is 0 Å². The Kier molecular flexibility index (Phi) is 6.21. The molecule has 0 aliphatic rings. The Morgan fingerprint density at radius 3 is 1.43 bits per heavy atom. The standard InChI is InChI=1S/C45H29N/c1-3-14-30(15-4-1)43-37-22-8-9-23-38(37)44(31-16-5-2-6-17-31)41-29-33(26-27-39(41)43)32-18-13-19-34(28-32)45-40-24-10-7-20-35(40)36-21-11-12-25-42(36)46-45/h1-29H. The van der Waals surface area contributed by atoms with Crippen molar-refractivity contribution in [1.29, 1.82) is 0 Å². The van der Waals surface area contributed by atoms with Crippen LogP contribution in [0.15, 0.2) is 176 Å². The fourth-order valence-electron chi connectivity index (χ4n) is 7.16. The normalized spacial score (nSPS) is 11.5. The lowest BCUT2D eigenvalue weighted by Crippen LogP contribution is -1.92. The summed E-state index contributed by atoms with van der Waals surface area (Å²) in [5.41, 5.74) is 10.5. The second-order valence-corrected chi connectivity index (χ2v) is 11.9. The van der Waals surface area contributed by atoms with Gasteiger partial charge in [0.1, 0.15) is 0 Å². The van der Waals surface area contributed by atoms with E-state index in [2.05, 4.69) is 176 Å². The maximum atomic E-state index is 5.19. The maximum absolute atomic E-state index is 5.19. The molecule has 1 heterocycles. The van der Waals surface area contributed by atoms with E-state index in [1.807, 2.05) is 0 Å². The predicted octanol–water partition coefficient (Wildman–Crippen LogP) is 12.4. The van der Waals surface area contributed by atoms with Crippen molar-refractivity contribution in [3.8, 4) is 44.6 Å². The molecule has 0 fully saturated rings. The number of rotatable bonds is 4. The Morgan fingerprint density at radius 2 is 0.739 bits per heavy atom. The lowest BCUT2D eigenvalue weighted by molar-refractivity contribution is 1.43. The van der Waals surface area contributed by atoms with Crippen molar-refractivity contribution < 1.29 is 0 Å². The van der Waals surface area contributed by atoms with Crippen LogP contribution in [0.1, 0.15) is 0 Å². The topological polar surface area (TPSA) is 12.9 Å². The van der Waals surface area contributed by atoms with Crippen molar-refractivity contribution in [3.63, 3.8) is 0 Å². The summed E-state index contributed by atoms with van der Waals surface area (Å²) in [4.78, 5) is 5.19. The molecule has 0 N–H and O–H groups in total. The molecule has 0 aliphatic heterocycles. The molecule has 0 saturated carbocycles. The summed E-state index contributed by atoms with van der Waals surface area (Å²) >= 11 is 0. The third-order valence-corrected chi connectivity index (χ3v) is 9.23. The fourth-order valence-corrected chi connectivity index (χ4v) is 7.16. The predicted molar refractivity (Wildman–Crippen MR) is 196 cm³/mol. The Balaban J connectivity index is 1.30. The summed E-state index contributed by atoms with van der Waals surface area (Å²) in [5.74, 6) is 0. The molecule has 0 saturated heterocycles. The van der Waals surface area contributed by atoms with Gasteiger partial charge < -0.3 is 0 Å². The van der Waals surface area contributed by atoms with Crippen molar-refractivity contribution in [3.05, 3.63) is 176 Å². The van der Waals surface area contributed by atoms with Crippen LogP contribution >= 0.6 is 0 Å². The monoisotopic (exact) mass is 583 g/mol. The number of fused-ring (bicyclic) bond motifs is 5. The van der Waals surface area contributed by atoms with E-state index >= 15 is 0 Å². The number of benzene rings is 8. The van der Waals surface area contributed by atoms with Gasteiger partial charge in [0, 0.05) is 16.3 Å². The highest BCUT2D eigenvalue weighted by atomic mass is 14.7. The molecule has 46 heavy (non-hydrogen) atoms. The molecule has 0 spiro atoms. The average Bonchev–Trinajstić information content (AvgIpc) is 3.14. The van der Waals surface area contributed by atoms with Gasteiger partial charge in [-0.3, -0.25) is 0 Å². The van der Waals surface area contributed by atoms with Crippen LogP contribution in [0.5, 0.6) is 0 Å². The minimum absolute atomic E-state index is 1.01. The smallest absolute Gasteiger partial charge is 0.0788 e. The van der Waals surface area contributed by atoms with Gasteiger partial charge in [-0.25, -0.2) is 4.98 Å². The number of hydrogen-bond acceptors (Lipinski definition) is 1. The molecule has 1 nitrogen and oxygen atoms in total. The van der Waals surface area contributed by atoms with Crippen LogP contribution in [-0.4, -0.2) is 4.98 Å². The number of aromatic nitrogens is 1. The summed E-state index contributed by atoms with van der Waals surface area (Å²) in [6.45, 7) is 0. The van der Waals surface area contributed by atoms with Crippen molar-refractivity contribution in [2.75, 3.05) is 0 Å². The summed E-state index contributed by atoms with van der Waals surface area (Å²) in [7, 11) is 0. The van der Waals surface area contributed by atoms with Crippen LogP contribution in [0, 0.1) is 0 Å². The minimum Gasteiger partial charge on any atom is -0.247 e. The first-order valence-electron chi connectivity index (χ1n) is 15.8. The highest BCUT2D eigenvalue weighted by Gasteiger charge is 2.18. The second-order valence-electron chi connectivity index (χ2n) is 11.9. The number of pyridine rings is 1. The molecule has 1 aromatic heterocycles. The number of para-hydroxylation sites is 1. The van der Waals surface area contributed by atoms with Crippen LogP contribution in [0.3, 0.4) is 0 Å². The van der Waals surface area contributed by atoms with Crippen molar-refractivity contribution >= 4 is 43.2 Å². The Hall–Kier alpha value is -6.05. The van der Waals surface area contributed by atoms with Crippen molar-refractivity contribution in [1.82, 2.24) is 4.98 Å². The highest BCUT2D eigenvalue weighted by molar-refractivity contribution is 6.22. The van der Waals surface area contributed by atoms with Crippen LogP contribution in [0.25, 0.3) is 87.9 Å². The van der Waals surface area contributed by atoms with Gasteiger partial charge in [0.05, 0.1) is 11.2 Å². The van der Waals surface area contributed by atoms with Crippen LogP contribution in [0.4, 0.5) is 0 Å². The third kappa shape index (κ3) is 4.29. The van der Waals surface area contributed by atoms with E-state index in [9.17, 15) is 0 Å². The van der Waals surface area contributed by atoms with Gasteiger partial charge in [-0.1, -0.05) is 158 Å². The quantitative estimate of drug-likeness (QED) is 0.148. The lowest BCUT2D eigenvalue weighted by Gasteiger charge is -2.19. The molecule has 0 atom stereocenters. The van der Waals surface area contributed by atoms with Crippen molar-refractivity contribution in [2.24, 2.45) is 0 Å². The van der Waals surface area contributed by atoms with Gasteiger partial charge >= 0.3 is 0 Å². The molecule has 0 aliphatic carbocycles. The zero-order chi connectivity index (χ0) is 30.5. The molecule has 0 radical (unpaired) electrons. The van der Waals surface area contributed by atoms with Gasteiger partial charge in [-0.15, -0.1) is 0 Å². The van der Waals surface area contributed by atoms with Crippen molar-refractivity contribution in [2.45, 2.75) is 0 Å². The number of nitrogens with zero attached hydrogens (tertiary/aromatic N) is 1. The van der Waals surface area contributed by atoms with E-state index in [-0.39, 0.29) is 0 Å². The van der Waals surface area contributed by atoms with E-state index < -0.39 is 0 Å². The molecule has 0 amide bonds. The maximum Gasteiger partial charge on any atom is 0.0788 e. The molecule has 214 valence electrons. The third-order valence-electron chi connectivity index (χ3n) is 9.23. The summed E-state index contributed by atoms with van der Waals surface area (Å²) in [5, 5.41) is 8.62. The van der Waals surface area contributed by atoms with Gasteiger partial charge in [-0.05, 0) is 78.5 Å². The Bertz CT molecular complexity index is 2570. The van der Waals surface area contributed by atoms with Crippen LogP contribution in [-0.2, 0) is 0 Å². The average molecular weight is 584 g/mol. The first-order valence-corrected chi connectivity index (χ1v) is 15.8. The summed E-state index contributed by atoms with van der Waals surface area (Å²) in [6, 6.07) is 63.4. The first-order chi connectivity index (χ1) is 22.8. The minimum atomic E-state index is 1.01. The SMILES string of the molecule is c1ccc(-c2c3ccccc3c(-c3ccccc3)c3cc(-c4cccc(-c5nc6ccccc6c6ccccc56)c4)ccc23)cc1. The molecule has 1 heteroatoms. The summed E-state index contributed by atoms with van der Waals surface area (Å²) in [6.07, 6.45) is 0. The van der Waals surface area contributed by atoms with Gasteiger partial charge in [0.2, 0.25) is 0 Å². The molecular weight excluding hydrogens is 555 g/mol. The van der Waals surface area contributed by atoms with Gasteiger partial charge in [0.15, 0.2) is 0 Å². The Morgan fingerprint density at radius 1 is 0.261 bits per heavy atom.